The maximum Gasteiger partial charge on any atom is 0.170 e. The number of aromatic amines is 1. The third-order valence-corrected chi connectivity index (χ3v) is 3.61. The number of aryl methyl sites for hydroxylation is 1. The van der Waals surface area contributed by atoms with Crippen LogP contribution in [0.2, 0.25) is 0 Å². The van der Waals surface area contributed by atoms with E-state index >= 15 is 0 Å². The summed E-state index contributed by atoms with van der Waals surface area (Å²) in [6.45, 7) is 2.79. The van der Waals surface area contributed by atoms with Gasteiger partial charge in [0, 0.05) is 18.7 Å². The smallest absolute Gasteiger partial charge is 0.170 e. The predicted octanol–water partition coefficient (Wildman–Crippen LogP) is 3.40. The molecule has 0 amide bonds. The van der Waals surface area contributed by atoms with E-state index in [0.717, 1.165) is 35.5 Å². The van der Waals surface area contributed by atoms with Gasteiger partial charge < -0.3 is 15.6 Å². The largest absolute Gasteiger partial charge is 0.362 e. The lowest BCUT2D eigenvalue weighted by atomic mass is 10.2. The Morgan fingerprint density at radius 3 is 2.86 bits per heavy atom. The van der Waals surface area contributed by atoms with Crippen molar-refractivity contribution in [2.75, 3.05) is 11.9 Å². The van der Waals surface area contributed by atoms with Crippen LogP contribution < -0.4 is 10.6 Å². The summed E-state index contributed by atoms with van der Waals surface area (Å²) in [6, 6.07) is 16.2. The van der Waals surface area contributed by atoms with Gasteiger partial charge in [0.2, 0.25) is 0 Å². The number of nitrogens with one attached hydrogen (secondary N) is 3. The molecule has 3 N–H and O–H groups in total. The van der Waals surface area contributed by atoms with Crippen LogP contribution >= 0.6 is 12.2 Å². The highest BCUT2D eigenvalue weighted by Gasteiger charge is 2.02. The Labute approximate surface area is 135 Å². The zero-order chi connectivity index (χ0) is 15.4. The molecule has 0 unspecified atom stereocenters. The summed E-state index contributed by atoms with van der Waals surface area (Å²) in [5, 5.41) is 7.02. The van der Waals surface area contributed by atoms with Crippen LogP contribution in [0.5, 0.6) is 0 Å². The number of para-hydroxylation sites is 2. The first-order valence-corrected chi connectivity index (χ1v) is 7.67. The quantitative estimate of drug-likeness (QED) is 0.647. The first-order chi connectivity index (χ1) is 10.7. The Hall–Kier alpha value is -2.40. The fraction of sp³-hybridized carbons (Fsp3) is 0.176. The number of fused-ring (bicyclic) bond motifs is 1. The van der Waals surface area contributed by atoms with Crippen LogP contribution in [0, 0.1) is 6.92 Å². The summed E-state index contributed by atoms with van der Waals surface area (Å²) in [5.74, 6) is 0.965. The number of thiocarbonyl (C=S) groups is 1. The van der Waals surface area contributed by atoms with E-state index in [1.807, 2.05) is 36.4 Å². The summed E-state index contributed by atoms with van der Waals surface area (Å²) in [6.07, 6.45) is 0.796. The first kappa shape index (κ1) is 14.5. The molecule has 22 heavy (non-hydrogen) atoms. The minimum Gasteiger partial charge on any atom is -0.362 e. The molecule has 112 valence electrons. The first-order valence-electron chi connectivity index (χ1n) is 7.26. The molecule has 0 radical (unpaired) electrons. The predicted molar refractivity (Wildman–Crippen MR) is 95.2 cm³/mol. The van der Waals surface area contributed by atoms with Crippen molar-refractivity contribution in [3.8, 4) is 0 Å². The Bertz CT molecular complexity index is 761. The van der Waals surface area contributed by atoms with Gasteiger partial charge in [-0.05, 0) is 49.0 Å². The molecule has 0 fully saturated rings. The van der Waals surface area contributed by atoms with E-state index in [2.05, 4.69) is 39.7 Å². The average Bonchev–Trinajstić information content (AvgIpc) is 2.90. The fourth-order valence-electron chi connectivity index (χ4n) is 2.32. The lowest BCUT2D eigenvalue weighted by Gasteiger charge is -2.10. The van der Waals surface area contributed by atoms with Crippen molar-refractivity contribution in [1.82, 2.24) is 15.3 Å². The second-order valence-electron chi connectivity index (χ2n) is 5.20. The molecule has 0 atom stereocenters. The number of imidazole rings is 1. The van der Waals surface area contributed by atoms with E-state index in [0.29, 0.717) is 5.11 Å². The van der Waals surface area contributed by atoms with Crippen molar-refractivity contribution in [3.05, 3.63) is 59.9 Å². The summed E-state index contributed by atoms with van der Waals surface area (Å²) >= 11 is 5.31. The molecule has 0 spiro atoms. The van der Waals surface area contributed by atoms with Gasteiger partial charge in [-0.3, -0.25) is 0 Å². The zero-order valence-corrected chi connectivity index (χ0v) is 13.2. The molecule has 4 nitrogen and oxygen atoms in total. The van der Waals surface area contributed by atoms with Crippen LogP contribution in [0.15, 0.2) is 48.5 Å². The van der Waals surface area contributed by atoms with Crippen molar-refractivity contribution in [2.24, 2.45) is 0 Å². The summed E-state index contributed by atoms with van der Waals surface area (Å²) in [5.41, 5.74) is 4.27. The van der Waals surface area contributed by atoms with E-state index in [1.165, 1.54) is 5.56 Å². The van der Waals surface area contributed by atoms with Crippen LogP contribution in [0.3, 0.4) is 0 Å². The lowest BCUT2D eigenvalue weighted by Crippen LogP contribution is -2.30. The maximum absolute atomic E-state index is 5.31. The number of hydrogen-bond donors (Lipinski definition) is 3. The van der Waals surface area contributed by atoms with Crippen LogP contribution in [0.25, 0.3) is 11.0 Å². The number of hydrogen-bond acceptors (Lipinski definition) is 2. The monoisotopic (exact) mass is 310 g/mol. The average molecular weight is 310 g/mol. The van der Waals surface area contributed by atoms with Gasteiger partial charge in [0.05, 0.1) is 11.0 Å². The highest BCUT2D eigenvalue weighted by atomic mass is 32.1. The molecule has 0 bridgehead atoms. The molecule has 0 aliphatic carbocycles. The molecule has 3 aromatic rings. The maximum atomic E-state index is 5.31. The molecule has 1 aromatic heterocycles. The van der Waals surface area contributed by atoms with Gasteiger partial charge in [0.25, 0.3) is 0 Å². The van der Waals surface area contributed by atoms with Crippen molar-refractivity contribution in [3.63, 3.8) is 0 Å². The third kappa shape index (κ3) is 3.62. The molecule has 0 aliphatic rings. The molecule has 0 aliphatic heterocycles. The van der Waals surface area contributed by atoms with E-state index in [-0.39, 0.29) is 0 Å². The van der Waals surface area contributed by atoms with Crippen LogP contribution in [0.4, 0.5) is 5.69 Å². The van der Waals surface area contributed by atoms with E-state index in [1.54, 1.807) is 0 Å². The highest BCUT2D eigenvalue weighted by Crippen LogP contribution is 2.11. The number of rotatable bonds is 4. The number of benzene rings is 2. The summed E-state index contributed by atoms with van der Waals surface area (Å²) in [4.78, 5) is 7.86. The third-order valence-electron chi connectivity index (χ3n) is 3.36. The van der Waals surface area contributed by atoms with Gasteiger partial charge in [-0.25, -0.2) is 4.98 Å². The van der Waals surface area contributed by atoms with Crippen LogP contribution in [-0.2, 0) is 6.42 Å². The molecule has 0 saturated carbocycles. The number of anilines is 1. The van der Waals surface area contributed by atoms with E-state index in [4.69, 9.17) is 12.2 Å². The van der Waals surface area contributed by atoms with E-state index < -0.39 is 0 Å². The Morgan fingerprint density at radius 2 is 2.05 bits per heavy atom. The molecular formula is C17H18N4S. The Balaban J connectivity index is 1.51. The van der Waals surface area contributed by atoms with Gasteiger partial charge in [-0.15, -0.1) is 0 Å². The molecular weight excluding hydrogens is 292 g/mol. The van der Waals surface area contributed by atoms with Crippen molar-refractivity contribution in [2.45, 2.75) is 13.3 Å². The van der Waals surface area contributed by atoms with Gasteiger partial charge in [0.15, 0.2) is 5.11 Å². The Kier molecular flexibility index (Phi) is 4.34. The lowest BCUT2D eigenvalue weighted by molar-refractivity contribution is 0.832. The molecule has 3 rings (SSSR count). The molecule has 1 heterocycles. The fourth-order valence-corrected chi connectivity index (χ4v) is 2.54. The van der Waals surface area contributed by atoms with Crippen LogP contribution in [-0.4, -0.2) is 21.6 Å². The van der Waals surface area contributed by atoms with Gasteiger partial charge in [-0.2, -0.15) is 0 Å². The van der Waals surface area contributed by atoms with Gasteiger partial charge in [-0.1, -0.05) is 24.3 Å². The van der Waals surface area contributed by atoms with Crippen LogP contribution in [0.1, 0.15) is 11.4 Å². The number of nitrogens with zero attached hydrogens (tertiary/aromatic N) is 1. The molecule has 2 aromatic carbocycles. The summed E-state index contributed by atoms with van der Waals surface area (Å²) < 4.78 is 0. The summed E-state index contributed by atoms with van der Waals surface area (Å²) in [7, 11) is 0. The van der Waals surface area contributed by atoms with Gasteiger partial charge >= 0.3 is 0 Å². The second-order valence-corrected chi connectivity index (χ2v) is 5.61. The molecule has 5 heteroatoms. The Morgan fingerprint density at radius 1 is 1.18 bits per heavy atom. The standard InChI is InChI=1S/C17H18N4S/c1-12-5-4-6-13(11-12)19-17(22)18-10-9-16-20-14-7-2-3-8-15(14)21-16/h2-8,11H,9-10H2,1H3,(H,20,21)(H2,18,19,22). The van der Waals surface area contributed by atoms with Crippen molar-refractivity contribution in [1.29, 1.82) is 0 Å². The highest BCUT2D eigenvalue weighted by molar-refractivity contribution is 7.80. The zero-order valence-electron chi connectivity index (χ0n) is 12.4. The van der Waals surface area contributed by atoms with E-state index in [9.17, 15) is 0 Å². The molecule has 0 saturated heterocycles. The minimum absolute atomic E-state index is 0.627. The second kappa shape index (κ2) is 6.58. The normalized spacial score (nSPS) is 10.6. The van der Waals surface area contributed by atoms with Crippen molar-refractivity contribution < 1.29 is 0 Å². The van der Waals surface area contributed by atoms with Gasteiger partial charge in [0.1, 0.15) is 5.82 Å². The number of H-pyrrole nitrogens is 1. The minimum atomic E-state index is 0.627. The number of aromatic nitrogens is 2. The van der Waals surface area contributed by atoms with Crippen molar-refractivity contribution >= 4 is 34.1 Å². The SMILES string of the molecule is Cc1cccc(NC(=S)NCCc2nc3ccccc3[nH]2)c1. The topological polar surface area (TPSA) is 52.7 Å².